The smallest absolute Gasteiger partial charge is 0.132 e. The molecule has 2 aromatic heterocycles. The Balaban J connectivity index is 1.63. The summed E-state index contributed by atoms with van der Waals surface area (Å²) < 4.78 is 0. The van der Waals surface area contributed by atoms with Crippen LogP contribution in [-0.4, -0.2) is 20.7 Å². The van der Waals surface area contributed by atoms with Crippen LogP contribution in [0, 0.1) is 5.92 Å². The first-order valence-corrected chi connectivity index (χ1v) is 9.42. The number of hydrogen-bond donors (Lipinski definition) is 1. The van der Waals surface area contributed by atoms with Crippen molar-refractivity contribution in [3.05, 3.63) is 35.2 Å². The molecule has 0 spiro atoms. The number of benzene rings is 1. The van der Waals surface area contributed by atoms with E-state index in [1.165, 1.54) is 0 Å². The van der Waals surface area contributed by atoms with E-state index in [0.29, 0.717) is 22.8 Å². The highest BCUT2D eigenvalue weighted by molar-refractivity contribution is 6.30. The molecule has 0 radical (unpaired) electrons. The standard InChI is InChI=1S/C20H22ClN3O/c1-12(25)11-13-3-2-4-14(6-5-13)20-23-17-9-8-16-15(19(17)24-20)7-10-18(21)22-16/h7-10,13-14,22H,2-6,11H2,1H3. The number of imidazole rings is 1. The summed E-state index contributed by atoms with van der Waals surface area (Å²) >= 11 is 6.05. The third-order valence-electron chi connectivity index (χ3n) is 5.34. The van der Waals surface area contributed by atoms with Crippen molar-refractivity contribution in [2.75, 3.05) is 0 Å². The van der Waals surface area contributed by atoms with Crippen molar-refractivity contribution >= 4 is 39.3 Å². The average molecular weight is 356 g/mol. The van der Waals surface area contributed by atoms with Gasteiger partial charge in [0.15, 0.2) is 0 Å². The summed E-state index contributed by atoms with van der Waals surface area (Å²) in [6.45, 7) is 1.70. The predicted octanol–water partition coefficient (Wildman–Crippen LogP) is 5.41. The Kier molecular flexibility index (Phi) is 4.46. The number of H-pyrrole nitrogens is 1. The minimum absolute atomic E-state index is 0.306. The van der Waals surface area contributed by atoms with E-state index in [0.717, 1.165) is 66.3 Å². The molecule has 2 heterocycles. The summed E-state index contributed by atoms with van der Waals surface area (Å²) in [7, 11) is 0. The first-order chi connectivity index (χ1) is 12.1. The largest absolute Gasteiger partial charge is 0.346 e. The van der Waals surface area contributed by atoms with Crippen molar-refractivity contribution < 1.29 is 4.79 Å². The van der Waals surface area contributed by atoms with Gasteiger partial charge in [-0.15, -0.1) is 0 Å². The molecule has 1 aromatic carbocycles. The quantitative estimate of drug-likeness (QED) is 0.505. The van der Waals surface area contributed by atoms with Gasteiger partial charge >= 0.3 is 0 Å². The number of ketones is 1. The molecule has 0 amide bonds. The molecular formula is C20H22ClN3O. The molecule has 0 saturated heterocycles. The summed E-state index contributed by atoms with van der Waals surface area (Å²) in [6, 6.07) is 7.88. The van der Waals surface area contributed by atoms with Gasteiger partial charge < -0.3 is 9.78 Å². The van der Waals surface area contributed by atoms with Gasteiger partial charge in [0.25, 0.3) is 0 Å². The monoisotopic (exact) mass is 355 g/mol. The zero-order valence-electron chi connectivity index (χ0n) is 14.4. The molecular weight excluding hydrogens is 334 g/mol. The molecule has 130 valence electrons. The topological polar surface area (TPSA) is 58.6 Å². The van der Waals surface area contributed by atoms with E-state index in [4.69, 9.17) is 21.6 Å². The highest BCUT2D eigenvalue weighted by Crippen LogP contribution is 2.35. The van der Waals surface area contributed by atoms with E-state index in [9.17, 15) is 4.79 Å². The van der Waals surface area contributed by atoms with Crippen LogP contribution in [-0.2, 0) is 4.79 Å². The first-order valence-electron chi connectivity index (χ1n) is 9.04. The molecule has 1 fully saturated rings. The number of halogens is 1. The van der Waals surface area contributed by atoms with E-state index in [-0.39, 0.29) is 0 Å². The van der Waals surface area contributed by atoms with Crippen molar-refractivity contribution in [1.29, 1.82) is 0 Å². The van der Waals surface area contributed by atoms with Crippen LogP contribution in [0.15, 0.2) is 24.3 Å². The molecule has 4 rings (SSSR count). The molecule has 0 aliphatic heterocycles. The molecule has 1 aliphatic carbocycles. The summed E-state index contributed by atoms with van der Waals surface area (Å²) in [5.41, 5.74) is 2.88. The number of carbonyl (C=O) groups is 1. The number of hydrogen-bond acceptors (Lipinski definition) is 3. The Hall–Kier alpha value is -1.94. The Labute approximate surface area is 152 Å². The van der Waals surface area contributed by atoms with Gasteiger partial charge in [-0.1, -0.05) is 24.4 Å². The van der Waals surface area contributed by atoms with Crippen LogP contribution in [0.25, 0.3) is 21.9 Å². The fourth-order valence-electron chi connectivity index (χ4n) is 4.10. The zero-order chi connectivity index (χ0) is 17.4. The molecule has 5 heteroatoms. The maximum Gasteiger partial charge on any atom is 0.132 e. The van der Waals surface area contributed by atoms with Crippen LogP contribution >= 0.6 is 11.6 Å². The molecule has 25 heavy (non-hydrogen) atoms. The van der Waals surface area contributed by atoms with Crippen molar-refractivity contribution in [3.63, 3.8) is 0 Å². The molecule has 3 aromatic rings. The molecule has 1 saturated carbocycles. The van der Waals surface area contributed by atoms with E-state index >= 15 is 0 Å². The highest BCUT2D eigenvalue weighted by atomic mass is 35.5. The molecule has 2 atom stereocenters. The number of aromatic nitrogens is 3. The van der Waals surface area contributed by atoms with Gasteiger partial charge in [-0.25, -0.2) is 9.97 Å². The lowest BCUT2D eigenvalue weighted by atomic mass is 9.94. The van der Waals surface area contributed by atoms with Crippen LogP contribution in [0.2, 0.25) is 5.15 Å². The van der Waals surface area contributed by atoms with E-state index in [1.54, 1.807) is 6.92 Å². The lowest BCUT2D eigenvalue weighted by Crippen LogP contribution is -2.05. The molecule has 1 aliphatic rings. The van der Waals surface area contributed by atoms with E-state index in [2.05, 4.69) is 4.98 Å². The predicted molar refractivity (Wildman–Crippen MR) is 101 cm³/mol. The van der Waals surface area contributed by atoms with Gasteiger partial charge in [0.05, 0.1) is 5.52 Å². The fraction of sp³-hybridized carbons (Fsp3) is 0.450. The van der Waals surface area contributed by atoms with Gasteiger partial charge in [0, 0.05) is 23.2 Å². The second kappa shape index (κ2) is 6.75. The Morgan fingerprint density at radius 1 is 1.16 bits per heavy atom. The highest BCUT2D eigenvalue weighted by Gasteiger charge is 2.24. The Bertz CT molecular complexity index is 933. The second-order valence-electron chi connectivity index (χ2n) is 7.26. The average Bonchev–Trinajstić information content (AvgIpc) is 2.88. The van der Waals surface area contributed by atoms with Gasteiger partial charge in [-0.3, -0.25) is 0 Å². The van der Waals surface area contributed by atoms with Gasteiger partial charge in [0.1, 0.15) is 22.3 Å². The van der Waals surface area contributed by atoms with Crippen molar-refractivity contribution in [2.24, 2.45) is 5.92 Å². The number of fused-ring (bicyclic) bond motifs is 3. The summed E-state index contributed by atoms with van der Waals surface area (Å²) in [5, 5.41) is 1.68. The van der Waals surface area contributed by atoms with Crippen molar-refractivity contribution in [1.82, 2.24) is 15.0 Å². The van der Waals surface area contributed by atoms with Crippen LogP contribution in [0.4, 0.5) is 0 Å². The minimum Gasteiger partial charge on any atom is -0.346 e. The number of nitrogens with zero attached hydrogens (tertiary/aromatic N) is 2. The fourth-order valence-corrected chi connectivity index (χ4v) is 4.27. The molecule has 2 unspecified atom stereocenters. The Morgan fingerprint density at radius 3 is 2.88 bits per heavy atom. The molecule has 0 bridgehead atoms. The van der Waals surface area contributed by atoms with Crippen LogP contribution in [0.3, 0.4) is 0 Å². The number of Topliss-reactive ketones (excluding diaryl/α,β-unsaturated/α-hetero) is 1. The number of nitrogens with one attached hydrogen (secondary N) is 1. The Morgan fingerprint density at radius 2 is 2.04 bits per heavy atom. The number of rotatable bonds is 3. The van der Waals surface area contributed by atoms with Gasteiger partial charge in [-0.2, -0.15) is 0 Å². The minimum atomic E-state index is 0.306. The zero-order valence-corrected chi connectivity index (χ0v) is 15.1. The maximum atomic E-state index is 11.4. The van der Waals surface area contributed by atoms with E-state index < -0.39 is 0 Å². The normalized spacial score (nSPS) is 21.5. The number of aromatic amines is 1. The first kappa shape index (κ1) is 16.5. The summed E-state index contributed by atoms with van der Waals surface area (Å²) in [6.07, 6.45) is 6.30. The molecule has 4 nitrogen and oxygen atoms in total. The second-order valence-corrected chi connectivity index (χ2v) is 7.67. The van der Waals surface area contributed by atoms with Gasteiger partial charge in [-0.05, 0) is 56.4 Å². The van der Waals surface area contributed by atoms with E-state index in [1.807, 2.05) is 24.3 Å². The van der Waals surface area contributed by atoms with Crippen LogP contribution in [0.1, 0.15) is 57.2 Å². The summed E-state index contributed by atoms with van der Waals surface area (Å²) in [5.74, 6) is 2.20. The van der Waals surface area contributed by atoms with Crippen molar-refractivity contribution in [3.8, 4) is 0 Å². The molecule has 1 N–H and O–H groups in total. The van der Waals surface area contributed by atoms with Gasteiger partial charge in [0.2, 0.25) is 0 Å². The van der Waals surface area contributed by atoms with Crippen LogP contribution in [0.5, 0.6) is 0 Å². The third-order valence-corrected chi connectivity index (χ3v) is 5.56. The number of carbonyl (C=O) groups excluding carboxylic acids is 1. The van der Waals surface area contributed by atoms with Crippen LogP contribution < -0.4 is 0 Å². The SMILES string of the molecule is CC(=O)CC1CCCC(c2nc3ccc4[nH]c(Cl)ccc4c3n2)CC1. The van der Waals surface area contributed by atoms with Crippen molar-refractivity contribution in [2.45, 2.75) is 51.4 Å². The summed E-state index contributed by atoms with van der Waals surface area (Å²) in [4.78, 5) is 24.3. The third kappa shape index (κ3) is 3.40. The maximum absolute atomic E-state index is 11.4. The lowest BCUT2D eigenvalue weighted by molar-refractivity contribution is -0.118. The lowest BCUT2D eigenvalue weighted by Gasteiger charge is -2.12. The number of pyridine rings is 1.